The Kier molecular flexibility index (Phi) is 3.17. The van der Waals surface area contributed by atoms with Gasteiger partial charge in [-0.1, -0.05) is 11.6 Å². The van der Waals surface area contributed by atoms with Crippen LogP contribution in [0.2, 0.25) is 0 Å². The molecule has 0 saturated carbocycles. The molecule has 0 amide bonds. The van der Waals surface area contributed by atoms with Gasteiger partial charge in [-0.15, -0.1) is 0 Å². The Bertz CT molecular complexity index is 694. The monoisotopic (exact) mass is 317 g/mol. The van der Waals surface area contributed by atoms with Crippen molar-refractivity contribution < 1.29 is 19.3 Å². The van der Waals surface area contributed by atoms with E-state index in [-0.39, 0.29) is 17.4 Å². The fraction of sp³-hybridized carbons (Fsp3) is 0.455. The first-order valence-electron chi connectivity index (χ1n) is 6.08. The number of ether oxygens (including phenoxy) is 1. The van der Waals surface area contributed by atoms with Gasteiger partial charge in [0.1, 0.15) is 23.7 Å². The Hall–Kier alpha value is -1.68. The normalized spacial score (nSPS) is 32.9. The quantitative estimate of drug-likeness (QED) is 0.561. The lowest BCUT2D eigenvalue weighted by Crippen LogP contribution is -2.38. The van der Waals surface area contributed by atoms with Gasteiger partial charge in [0, 0.05) is 6.20 Å². The van der Waals surface area contributed by atoms with Crippen LogP contribution >= 0.6 is 11.6 Å². The molecule has 8 nitrogen and oxygen atoms in total. The molecule has 0 aromatic carbocycles. The highest BCUT2D eigenvalue weighted by atomic mass is 35.5. The first-order valence-corrected chi connectivity index (χ1v) is 6.45. The minimum absolute atomic E-state index is 0.0868. The number of alkyl halides is 2. The number of fused-ring (bicyclic) bond motifs is 1. The van der Waals surface area contributed by atoms with Crippen LogP contribution in [0.1, 0.15) is 6.23 Å². The van der Waals surface area contributed by atoms with E-state index in [9.17, 15) is 9.50 Å². The molecule has 0 spiro atoms. The number of halogens is 2. The van der Waals surface area contributed by atoms with Gasteiger partial charge in [0.25, 0.3) is 5.13 Å². The van der Waals surface area contributed by atoms with E-state index < -0.39 is 30.2 Å². The maximum absolute atomic E-state index is 14.6. The highest BCUT2D eigenvalue weighted by molar-refractivity contribution is 6.23. The molecule has 2 aromatic heterocycles. The number of nitrogens with zero attached hydrogens (tertiary/aromatic N) is 3. The zero-order valence-corrected chi connectivity index (χ0v) is 11.4. The van der Waals surface area contributed by atoms with E-state index >= 15 is 0 Å². The van der Waals surface area contributed by atoms with E-state index in [1.165, 1.54) is 10.8 Å². The average molecular weight is 318 g/mol. The molecule has 2 aromatic rings. The second-order valence-corrected chi connectivity index (χ2v) is 5.34. The number of hydrogen-bond donors (Lipinski definition) is 4. The van der Waals surface area contributed by atoms with Crippen LogP contribution in [0.3, 0.4) is 0 Å². The molecule has 21 heavy (non-hydrogen) atoms. The third-order valence-electron chi connectivity index (χ3n) is 3.43. The molecule has 1 aliphatic heterocycles. The van der Waals surface area contributed by atoms with Gasteiger partial charge < -0.3 is 31.0 Å². The summed E-state index contributed by atoms with van der Waals surface area (Å²) >= 11 is 5.75. The standard InChI is InChI=1S/C11H13ClFN5O3/c12-11(13)6(20)5(3-19)21-9(11)18-2-1-4-7(14)16-10(15)17-8(4)18/h1-2,5-6,9,19-20H,3H2,(H4,14,15,16,17)/t5-,6?,9-,11?/m1/s1. The Morgan fingerprint density at radius 3 is 2.81 bits per heavy atom. The van der Waals surface area contributed by atoms with Gasteiger partial charge >= 0.3 is 0 Å². The Morgan fingerprint density at radius 2 is 2.19 bits per heavy atom. The number of hydrogen-bond acceptors (Lipinski definition) is 7. The van der Waals surface area contributed by atoms with Crippen LogP contribution in [0.4, 0.5) is 16.2 Å². The number of aromatic nitrogens is 3. The molecule has 10 heteroatoms. The first kappa shape index (κ1) is 14.3. The number of rotatable bonds is 2. The molecule has 114 valence electrons. The van der Waals surface area contributed by atoms with E-state index in [0.29, 0.717) is 5.39 Å². The molecular weight excluding hydrogens is 305 g/mol. The molecule has 1 saturated heterocycles. The van der Waals surface area contributed by atoms with Crippen molar-refractivity contribution in [2.75, 3.05) is 18.1 Å². The molecule has 3 heterocycles. The summed E-state index contributed by atoms with van der Waals surface area (Å²) in [6.45, 7) is -0.575. The third kappa shape index (κ3) is 2.01. The summed E-state index contributed by atoms with van der Waals surface area (Å²) in [7, 11) is 0. The van der Waals surface area contributed by atoms with Crippen LogP contribution in [0.5, 0.6) is 0 Å². The van der Waals surface area contributed by atoms with E-state index in [1.807, 2.05) is 0 Å². The van der Waals surface area contributed by atoms with Crippen LogP contribution < -0.4 is 11.5 Å². The number of nitrogen functional groups attached to an aromatic ring is 2. The summed E-state index contributed by atoms with van der Waals surface area (Å²) in [6, 6.07) is 1.55. The van der Waals surface area contributed by atoms with Gasteiger partial charge in [0.15, 0.2) is 6.23 Å². The van der Waals surface area contributed by atoms with Gasteiger partial charge in [-0.2, -0.15) is 9.97 Å². The van der Waals surface area contributed by atoms with Crippen LogP contribution in [0.25, 0.3) is 11.0 Å². The number of aliphatic hydroxyl groups is 2. The van der Waals surface area contributed by atoms with Crippen molar-refractivity contribution >= 4 is 34.4 Å². The third-order valence-corrected chi connectivity index (χ3v) is 3.84. The summed E-state index contributed by atoms with van der Waals surface area (Å²) in [5.74, 6) is 0.0452. The molecule has 6 N–H and O–H groups in total. The lowest BCUT2D eigenvalue weighted by molar-refractivity contribution is -0.0479. The van der Waals surface area contributed by atoms with Crippen molar-refractivity contribution in [3.8, 4) is 0 Å². The molecule has 4 atom stereocenters. The Labute approximate surface area is 123 Å². The van der Waals surface area contributed by atoms with Crippen molar-refractivity contribution in [2.45, 2.75) is 23.6 Å². The zero-order chi connectivity index (χ0) is 15.4. The van der Waals surface area contributed by atoms with Crippen LogP contribution in [-0.2, 0) is 4.74 Å². The molecule has 0 radical (unpaired) electrons. The van der Waals surface area contributed by atoms with Gasteiger partial charge in [-0.3, -0.25) is 0 Å². The summed E-state index contributed by atoms with van der Waals surface area (Å²) in [4.78, 5) is 7.78. The topological polar surface area (TPSA) is 132 Å². The highest BCUT2D eigenvalue weighted by Gasteiger charge is 2.57. The molecule has 3 rings (SSSR count). The molecule has 1 aliphatic rings. The molecule has 1 fully saturated rings. The minimum Gasteiger partial charge on any atom is -0.394 e. The van der Waals surface area contributed by atoms with Crippen molar-refractivity contribution in [1.82, 2.24) is 14.5 Å². The number of anilines is 2. The average Bonchev–Trinajstić information content (AvgIpc) is 2.91. The van der Waals surface area contributed by atoms with Gasteiger partial charge in [-0.25, -0.2) is 4.39 Å². The molecular formula is C11H13ClFN5O3. The van der Waals surface area contributed by atoms with Gasteiger partial charge in [-0.05, 0) is 6.07 Å². The second-order valence-electron chi connectivity index (χ2n) is 4.76. The maximum atomic E-state index is 14.6. The van der Waals surface area contributed by atoms with Gasteiger partial charge in [0.2, 0.25) is 5.95 Å². The predicted octanol–water partition coefficient (Wildman–Crippen LogP) is -0.249. The van der Waals surface area contributed by atoms with Crippen LogP contribution in [-0.4, -0.2) is 48.7 Å². The first-order chi connectivity index (χ1) is 9.86. The predicted molar refractivity (Wildman–Crippen MR) is 73.0 cm³/mol. The second kappa shape index (κ2) is 4.67. The largest absolute Gasteiger partial charge is 0.394 e. The van der Waals surface area contributed by atoms with Crippen LogP contribution in [0, 0.1) is 0 Å². The van der Waals surface area contributed by atoms with Crippen molar-refractivity contribution in [2.24, 2.45) is 0 Å². The smallest absolute Gasteiger partial charge is 0.256 e. The van der Waals surface area contributed by atoms with E-state index in [4.69, 9.17) is 32.9 Å². The lowest BCUT2D eigenvalue weighted by atomic mass is 10.1. The Balaban J connectivity index is 2.13. The fourth-order valence-electron chi connectivity index (χ4n) is 2.38. The van der Waals surface area contributed by atoms with E-state index in [1.54, 1.807) is 6.07 Å². The van der Waals surface area contributed by atoms with Gasteiger partial charge in [0.05, 0.1) is 12.0 Å². The van der Waals surface area contributed by atoms with Crippen molar-refractivity contribution in [3.05, 3.63) is 12.3 Å². The highest BCUT2D eigenvalue weighted by Crippen LogP contribution is 2.45. The summed E-state index contributed by atoms with van der Waals surface area (Å²) in [6.07, 6.45) is -2.78. The SMILES string of the molecule is Nc1nc(N)c2ccn([C@@H]3O[C@H](CO)C(O)C3(F)Cl)c2n1. The lowest BCUT2D eigenvalue weighted by Gasteiger charge is -2.22. The number of aliphatic hydroxyl groups excluding tert-OH is 2. The fourth-order valence-corrected chi connectivity index (χ4v) is 2.68. The van der Waals surface area contributed by atoms with Crippen LogP contribution in [0.15, 0.2) is 12.3 Å². The van der Waals surface area contributed by atoms with Crippen molar-refractivity contribution in [1.29, 1.82) is 0 Å². The van der Waals surface area contributed by atoms with E-state index in [0.717, 1.165) is 0 Å². The molecule has 0 bridgehead atoms. The van der Waals surface area contributed by atoms with Crippen molar-refractivity contribution in [3.63, 3.8) is 0 Å². The summed E-state index contributed by atoms with van der Waals surface area (Å²) < 4.78 is 21.1. The zero-order valence-electron chi connectivity index (χ0n) is 10.6. The molecule has 2 unspecified atom stereocenters. The summed E-state index contributed by atoms with van der Waals surface area (Å²) in [5.41, 5.74) is 11.5. The van der Waals surface area contributed by atoms with E-state index in [2.05, 4.69) is 9.97 Å². The maximum Gasteiger partial charge on any atom is 0.256 e. The summed E-state index contributed by atoms with van der Waals surface area (Å²) in [5, 5.41) is 16.7. The minimum atomic E-state index is -2.63. The Morgan fingerprint density at radius 1 is 1.48 bits per heavy atom. The molecule has 0 aliphatic carbocycles. The number of nitrogens with two attached hydrogens (primary N) is 2.